The first-order valence-corrected chi connectivity index (χ1v) is 8.15. The molecule has 0 aromatic carbocycles. The molecule has 0 aromatic heterocycles. The maximum Gasteiger partial charge on any atom is 0.344 e. The minimum atomic E-state index is -0.582. The lowest BCUT2D eigenvalue weighted by Crippen LogP contribution is -2.53. The summed E-state index contributed by atoms with van der Waals surface area (Å²) in [7, 11) is 0. The van der Waals surface area contributed by atoms with Crippen molar-refractivity contribution in [3.05, 3.63) is 0 Å². The fourth-order valence-electron chi connectivity index (χ4n) is 4.77. The maximum absolute atomic E-state index is 12.1. The van der Waals surface area contributed by atoms with E-state index in [0.29, 0.717) is 0 Å². The van der Waals surface area contributed by atoms with Gasteiger partial charge >= 0.3 is 11.9 Å². The molecule has 4 heteroatoms. The number of hydrogen-bond donors (Lipinski definition) is 0. The molecule has 0 unspecified atom stereocenters. The summed E-state index contributed by atoms with van der Waals surface area (Å²) >= 11 is 0. The van der Waals surface area contributed by atoms with Crippen LogP contribution in [0.2, 0.25) is 0 Å². The van der Waals surface area contributed by atoms with E-state index in [-0.39, 0.29) is 24.1 Å². The van der Waals surface area contributed by atoms with Gasteiger partial charge in [-0.1, -0.05) is 0 Å². The van der Waals surface area contributed by atoms with Crippen LogP contribution in [0.3, 0.4) is 0 Å². The van der Waals surface area contributed by atoms with Crippen LogP contribution in [0.25, 0.3) is 0 Å². The van der Waals surface area contributed by atoms with E-state index in [1.165, 1.54) is 19.3 Å². The molecule has 21 heavy (non-hydrogen) atoms. The normalized spacial score (nSPS) is 37.4. The third-order valence-electron chi connectivity index (χ3n) is 5.25. The lowest BCUT2D eigenvalue weighted by Gasteiger charge is -2.55. The van der Waals surface area contributed by atoms with Gasteiger partial charge in [-0.05, 0) is 77.0 Å². The van der Waals surface area contributed by atoms with Crippen LogP contribution in [-0.4, -0.2) is 24.1 Å². The number of hydrogen-bond acceptors (Lipinski definition) is 4. The first-order chi connectivity index (χ1) is 9.76. The van der Waals surface area contributed by atoms with Crippen LogP contribution < -0.4 is 0 Å². The molecule has 0 aromatic rings. The average molecular weight is 294 g/mol. The number of carbonyl (C=O) groups excluding carboxylic acids is 2. The number of esters is 2. The predicted octanol–water partition coefficient (Wildman–Crippen LogP) is 3.09. The van der Waals surface area contributed by atoms with Gasteiger partial charge in [0.15, 0.2) is 6.61 Å². The van der Waals surface area contributed by atoms with E-state index >= 15 is 0 Å². The highest BCUT2D eigenvalue weighted by atomic mass is 16.6. The largest absolute Gasteiger partial charge is 0.457 e. The van der Waals surface area contributed by atoms with Crippen molar-refractivity contribution in [2.45, 2.75) is 64.9 Å². The number of ether oxygens (including phenoxy) is 2. The molecule has 4 bridgehead atoms. The number of rotatable bonds is 3. The van der Waals surface area contributed by atoms with Gasteiger partial charge in [-0.3, -0.25) is 4.79 Å². The highest BCUT2D eigenvalue weighted by Gasteiger charge is 2.53. The van der Waals surface area contributed by atoms with Crippen molar-refractivity contribution in [2.75, 3.05) is 6.61 Å². The molecule has 0 saturated heterocycles. The lowest BCUT2D eigenvalue weighted by molar-refractivity contribution is -0.193. The predicted molar refractivity (Wildman–Crippen MR) is 77.4 cm³/mol. The van der Waals surface area contributed by atoms with Gasteiger partial charge in [0.05, 0.1) is 5.41 Å². The SMILES string of the molecule is CC(C)(C)C(=O)OCC(=O)OC12CC3CC(CC(C3)C1)C2. The molecular weight excluding hydrogens is 268 g/mol. The fraction of sp³-hybridized carbons (Fsp3) is 0.882. The Morgan fingerprint density at radius 3 is 1.90 bits per heavy atom. The second-order valence-corrected chi connectivity index (χ2v) is 8.40. The second kappa shape index (κ2) is 4.99. The zero-order valence-corrected chi connectivity index (χ0v) is 13.3. The zero-order valence-electron chi connectivity index (χ0n) is 13.3. The minimum Gasteiger partial charge on any atom is -0.457 e. The van der Waals surface area contributed by atoms with Crippen LogP contribution in [0, 0.1) is 23.2 Å². The van der Waals surface area contributed by atoms with E-state index < -0.39 is 5.41 Å². The van der Waals surface area contributed by atoms with Gasteiger partial charge in [0, 0.05) is 0 Å². The Bertz CT molecular complexity index is 411. The van der Waals surface area contributed by atoms with Crippen LogP contribution in [0.5, 0.6) is 0 Å². The molecule has 0 amide bonds. The lowest BCUT2D eigenvalue weighted by atomic mass is 9.54. The van der Waals surface area contributed by atoms with Crippen LogP contribution in [0.1, 0.15) is 59.3 Å². The zero-order chi connectivity index (χ0) is 15.3. The summed E-state index contributed by atoms with van der Waals surface area (Å²) in [4.78, 5) is 23.8. The average Bonchev–Trinajstić information content (AvgIpc) is 2.32. The van der Waals surface area contributed by atoms with Gasteiger partial charge in [0.1, 0.15) is 5.60 Å². The molecule has 0 N–H and O–H groups in total. The van der Waals surface area contributed by atoms with Crippen LogP contribution in [-0.2, 0) is 19.1 Å². The van der Waals surface area contributed by atoms with Crippen molar-refractivity contribution >= 4 is 11.9 Å². The van der Waals surface area contributed by atoms with Gasteiger partial charge in [-0.15, -0.1) is 0 Å². The van der Waals surface area contributed by atoms with Gasteiger partial charge in [0.2, 0.25) is 0 Å². The van der Waals surface area contributed by atoms with Gasteiger partial charge in [-0.25, -0.2) is 4.79 Å². The topological polar surface area (TPSA) is 52.6 Å². The van der Waals surface area contributed by atoms with Gasteiger partial charge in [-0.2, -0.15) is 0 Å². The van der Waals surface area contributed by atoms with Crippen LogP contribution in [0.4, 0.5) is 0 Å². The Balaban J connectivity index is 1.54. The summed E-state index contributed by atoms with van der Waals surface area (Å²) in [5, 5.41) is 0. The molecule has 0 heterocycles. The molecule has 4 rings (SSSR count). The smallest absolute Gasteiger partial charge is 0.344 e. The Hall–Kier alpha value is -1.06. The van der Waals surface area contributed by atoms with Crippen molar-refractivity contribution in [3.63, 3.8) is 0 Å². The minimum absolute atomic E-state index is 0.250. The molecule has 118 valence electrons. The Labute approximate surface area is 126 Å². The third kappa shape index (κ3) is 3.09. The molecule has 0 aliphatic heterocycles. The molecule has 4 nitrogen and oxygen atoms in total. The molecule has 4 fully saturated rings. The monoisotopic (exact) mass is 294 g/mol. The first-order valence-electron chi connectivity index (χ1n) is 8.15. The molecular formula is C17H26O4. The summed E-state index contributed by atoms with van der Waals surface area (Å²) in [6, 6.07) is 0. The fourth-order valence-corrected chi connectivity index (χ4v) is 4.77. The molecule has 0 atom stereocenters. The highest BCUT2D eigenvalue weighted by Crippen LogP contribution is 2.57. The highest BCUT2D eigenvalue weighted by molar-refractivity contribution is 5.79. The van der Waals surface area contributed by atoms with Crippen molar-refractivity contribution in [3.8, 4) is 0 Å². The molecule has 0 radical (unpaired) electrons. The van der Waals surface area contributed by atoms with Crippen LogP contribution in [0.15, 0.2) is 0 Å². The quantitative estimate of drug-likeness (QED) is 0.751. The van der Waals surface area contributed by atoms with E-state index in [1.54, 1.807) is 20.8 Å². The van der Waals surface area contributed by atoms with Crippen molar-refractivity contribution in [1.82, 2.24) is 0 Å². The van der Waals surface area contributed by atoms with E-state index in [1.807, 2.05) is 0 Å². The van der Waals surface area contributed by atoms with Gasteiger partial charge < -0.3 is 9.47 Å². The standard InChI is InChI=1S/C17H26O4/c1-16(2,3)15(19)20-10-14(18)21-17-7-11-4-12(8-17)6-13(5-11)9-17/h11-13H,4-10H2,1-3H3. The summed E-state index contributed by atoms with van der Waals surface area (Å²) in [5.41, 5.74) is -0.832. The second-order valence-electron chi connectivity index (χ2n) is 8.40. The molecule has 4 aliphatic rings. The molecule has 0 spiro atoms. The summed E-state index contributed by atoms with van der Waals surface area (Å²) in [6.07, 6.45) is 6.98. The van der Waals surface area contributed by atoms with E-state index in [0.717, 1.165) is 37.0 Å². The summed E-state index contributed by atoms with van der Waals surface area (Å²) < 4.78 is 10.9. The van der Waals surface area contributed by atoms with E-state index in [9.17, 15) is 9.59 Å². The first kappa shape index (κ1) is 14.9. The van der Waals surface area contributed by atoms with Crippen molar-refractivity contribution < 1.29 is 19.1 Å². The maximum atomic E-state index is 12.1. The summed E-state index contributed by atoms with van der Waals surface area (Å²) in [5.74, 6) is 1.48. The van der Waals surface area contributed by atoms with E-state index in [2.05, 4.69) is 0 Å². The molecule has 4 aliphatic carbocycles. The van der Waals surface area contributed by atoms with E-state index in [4.69, 9.17) is 9.47 Å². The molecule has 4 saturated carbocycles. The Kier molecular flexibility index (Phi) is 3.53. The number of carbonyl (C=O) groups is 2. The van der Waals surface area contributed by atoms with Crippen molar-refractivity contribution in [1.29, 1.82) is 0 Å². The Morgan fingerprint density at radius 1 is 1.00 bits per heavy atom. The van der Waals surface area contributed by atoms with Crippen molar-refractivity contribution in [2.24, 2.45) is 23.2 Å². The van der Waals surface area contributed by atoms with Crippen LogP contribution >= 0.6 is 0 Å². The Morgan fingerprint density at radius 2 is 1.48 bits per heavy atom. The third-order valence-corrected chi connectivity index (χ3v) is 5.25. The van der Waals surface area contributed by atoms with Gasteiger partial charge in [0.25, 0.3) is 0 Å². The summed E-state index contributed by atoms with van der Waals surface area (Å²) in [6.45, 7) is 5.08.